The Morgan fingerprint density at radius 3 is 2.65 bits per heavy atom. The molecule has 0 unspecified atom stereocenters. The molecule has 112 valence electrons. The molecule has 1 saturated carbocycles. The highest BCUT2D eigenvalue weighted by atomic mass is 16.7. The average molecular weight is 284 g/mol. The van der Waals surface area contributed by atoms with Gasteiger partial charge in [0.2, 0.25) is 0 Å². The molecule has 3 aliphatic rings. The van der Waals surface area contributed by atoms with Gasteiger partial charge < -0.3 is 24.1 Å². The maximum Gasteiger partial charge on any atom is 0.317 e. The number of methoxy groups -OCH3 is 3. The Balaban J connectivity index is 2.13. The second-order valence-electron chi connectivity index (χ2n) is 5.69. The number of fused-ring (bicyclic) bond motifs is 1. The first-order valence-electron chi connectivity index (χ1n) is 6.74. The second-order valence-corrected chi connectivity index (χ2v) is 5.69. The van der Waals surface area contributed by atoms with Crippen molar-refractivity contribution in [2.45, 2.75) is 36.9 Å². The van der Waals surface area contributed by atoms with Crippen molar-refractivity contribution in [1.82, 2.24) is 0 Å². The Morgan fingerprint density at radius 2 is 2.05 bits per heavy atom. The molecule has 1 heterocycles. The largest absolute Gasteiger partial charge is 0.468 e. The minimum absolute atomic E-state index is 0.214. The third-order valence-electron chi connectivity index (χ3n) is 5.09. The summed E-state index contributed by atoms with van der Waals surface area (Å²) in [6.07, 6.45) is 2.61. The lowest BCUT2D eigenvalue weighted by atomic mass is 9.57. The van der Waals surface area contributed by atoms with Gasteiger partial charge in [-0.05, 0) is 0 Å². The maximum absolute atomic E-state index is 12.5. The maximum atomic E-state index is 12.5. The molecule has 0 radical (unpaired) electrons. The van der Waals surface area contributed by atoms with Gasteiger partial charge in [-0.1, -0.05) is 12.2 Å². The van der Waals surface area contributed by atoms with Crippen LogP contribution in [0.2, 0.25) is 0 Å². The van der Waals surface area contributed by atoms with Crippen LogP contribution >= 0.6 is 0 Å². The predicted molar refractivity (Wildman–Crippen MR) is 67.7 cm³/mol. The number of ether oxygens (including phenoxy) is 4. The number of hydrogen-bond donors (Lipinski definition) is 1. The fourth-order valence-corrected chi connectivity index (χ4v) is 4.12. The van der Waals surface area contributed by atoms with Crippen LogP contribution in [0.4, 0.5) is 0 Å². The summed E-state index contributed by atoms with van der Waals surface area (Å²) >= 11 is 0. The summed E-state index contributed by atoms with van der Waals surface area (Å²) in [5.74, 6) is -1.41. The Bertz CT molecular complexity index is 449. The second kappa shape index (κ2) is 4.53. The number of carbonyl (C=O) groups is 1. The van der Waals surface area contributed by atoms with E-state index in [0.717, 1.165) is 0 Å². The zero-order chi connectivity index (χ0) is 14.5. The normalized spacial score (nSPS) is 49.2. The minimum atomic E-state index is -1.12. The molecule has 2 aliphatic carbocycles. The molecule has 2 bridgehead atoms. The summed E-state index contributed by atoms with van der Waals surface area (Å²) in [5, 5.41) is 10.5. The van der Waals surface area contributed by atoms with E-state index in [4.69, 9.17) is 18.9 Å². The zero-order valence-corrected chi connectivity index (χ0v) is 11.9. The number of aliphatic hydroxyl groups excluding tert-OH is 1. The quantitative estimate of drug-likeness (QED) is 0.591. The Kier molecular flexibility index (Phi) is 3.17. The molecule has 0 aromatic heterocycles. The molecule has 2 fully saturated rings. The number of aliphatic hydroxyl groups is 1. The molecule has 0 spiro atoms. The monoisotopic (exact) mass is 284 g/mol. The van der Waals surface area contributed by atoms with Gasteiger partial charge in [0.05, 0.1) is 25.4 Å². The molecule has 0 amide bonds. The van der Waals surface area contributed by atoms with Crippen molar-refractivity contribution in [1.29, 1.82) is 0 Å². The van der Waals surface area contributed by atoms with Crippen molar-refractivity contribution in [3.05, 3.63) is 12.2 Å². The van der Waals surface area contributed by atoms with Gasteiger partial charge in [0.25, 0.3) is 0 Å². The van der Waals surface area contributed by atoms with Crippen LogP contribution in [-0.2, 0) is 23.7 Å². The summed E-state index contributed by atoms with van der Waals surface area (Å²) in [7, 11) is 4.46. The van der Waals surface area contributed by atoms with E-state index in [9.17, 15) is 9.90 Å². The van der Waals surface area contributed by atoms with Crippen molar-refractivity contribution >= 4 is 5.97 Å². The lowest BCUT2D eigenvalue weighted by molar-refractivity contribution is -0.237. The number of rotatable bonds is 3. The number of carbonyl (C=O) groups excluding carboxylic acids is 1. The van der Waals surface area contributed by atoms with Gasteiger partial charge in [-0.15, -0.1) is 0 Å². The van der Waals surface area contributed by atoms with E-state index in [0.29, 0.717) is 12.8 Å². The van der Waals surface area contributed by atoms with Crippen LogP contribution in [-0.4, -0.2) is 56.5 Å². The Labute approximate surface area is 117 Å². The van der Waals surface area contributed by atoms with E-state index in [1.807, 2.05) is 0 Å². The van der Waals surface area contributed by atoms with E-state index in [1.54, 1.807) is 19.3 Å². The first-order valence-corrected chi connectivity index (χ1v) is 6.74. The van der Waals surface area contributed by atoms with Gasteiger partial charge in [0.15, 0.2) is 5.79 Å². The molecule has 1 N–H and O–H groups in total. The minimum Gasteiger partial charge on any atom is -0.468 e. The van der Waals surface area contributed by atoms with Gasteiger partial charge in [-0.2, -0.15) is 0 Å². The fraction of sp³-hybridized carbons (Fsp3) is 0.786. The molecule has 3 rings (SSSR count). The first-order chi connectivity index (χ1) is 9.54. The van der Waals surface area contributed by atoms with Crippen molar-refractivity contribution in [2.75, 3.05) is 21.3 Å². The number of hydrogen-bond acceptors (Lipinski definition) is 6. The fourth-order valence-electron chi connectivity index (χ4n) is 4.12. The predicted octanol–water partition coefficient (Wildman–Crippen LogP) is 0.243. The first kappa shape index (κ1) is 14.0. The Morgan fingerprint density at radius 1 is 1.30 bits per heavy atom. The van der Waals surface area contributed by atoms with Gasteiger partial charge in [0.1, 0.15) is 5.41 Å². The van der Waals surface area contributed by atoms with Gasteiger partial charge >= 0.3 is 5.97 Å². The van der Waals surface area contributed by atoms with Crippen LogP contribution < -0.4 is 0 Å². The summed E-state index contributed by atoms with van der Waals surface area (Å²) < 4.78 is 22.0. The van der Waals surface area contributed by atoms with Crippen LogP contribution in [0.5, 0.6) is 0 Å². The van der Waals surface area contributed by atoms with E-state index in [-0.39, 0.29) is 12.0 Å². The average Bonchev–Trinajstić information content (AvgIpc) is 2.82. The van der Waals surface area contributed by atoms with Crippen molar-refractivity contribution in [2.24, 2.45) is 11.3 Å². The molecule has 0 aromatic carbocycles. The summed E-state index contributed by atoms with van der Waals surface area (Å²) in [5.41, 5.74) is -1.12. The summed E-state index contributed by atoms with van der Waals surface area (Å²) in [6, 6.07) is 0. The van der Waals surface area contributed by atoms with Crippen molar-refractivity contribution in [3.8, 4) is 0 Å². The van der Waals surface area contributed by atoms with Crippen molar-refractivity contribution < 1.29 is 28.8 Å². The molecular formula is C14H20O6. The molecule has 6 nitrogen and oxygen atoms in total. The third kappa shape index (κ3) is 1.50. The number of esters is 1. The standard InChI is InChI=1S/C14H20O6/c1-17-11-7-13(19-3)6-8-9(20-13)4-5-10(15)14(8,11)12(16)18-2/h4-5,8-11,15H,6-7H2,1-3H3/t8-,9-,10+,11-,13-,14+/m0/s1. The lowest BCUT2D eigenvalue weighted by Gasteiger charge is -2.49. The molecule has 20 heavy (non-hydrogen) atoms. The highest BCUT2D eigenvalue weighted by molar-refractivity contribution is 5.80. The lowest BCUT2D eigenvalue weighted by Crippen LogP contribution is -2.62. The third-order valence-corrected chi connectivity index (χ3v) is 5.09. The van der Waals surface area contributed by atoms with Crippen LogP contribution in [0.15, 0.2) is 12.2 Å². The molecule has 6 heteroatoms. The van der Waals surface area contributed by atoms with Crippen LogP contribution in [0, 0.1) is 11.3 Å². The van der Waals surface area contributed by atoms with E-state index in [2.05, 4.69) is 0 Å². The highest BCUT2D eigenvalue weighted by Gasteiger charge is 2.70. The summed E-state index contributed by atoms with van der Waals surface area (Å²) in [4.78, 5) is 12.5. The smallest absolute Gasteiger partial charge is 0.317 e. The van der Waals surface area contributed by atoms with Gasteiger partial charge in [0, 0.05) is 33.0 Å². The molecule has 0 aromatic rings. The topological polar surface area (TPSA) is 74.2 Å². The molecule has 1 aliphatic heterocycles. The summed E-state index contributed by atoms with van der Waals surface area (Å²) in [6.45, 7) is 0. The Hall–Kier alpha value is -0.950. The van der Waals surface area contributed by atoms with Crippen LogP contribution in [0.25, 0.3) is 0 Å². The van der Waals surface area contributed by atoms with Gasteiger partial charge in [-0.3, -0.25) is 4.79 Å². The van der Waals surface area contributed by atoms with Crippen molar-refractivity contribution in [3.63, 3.8) is 0 Å². The molecular weight excluding hydrogens is 264 g/mol. The zero-order valence-electron chi connectivity index (χ0n) is 11.9. The van der Waals surface area contributed by atoms with Crippen LogP contribution in [0.1, 0.15) is 12.8 Å². The highest BCUT2D eigenvalue weighted by Crippen LogP contribution is 2.59. The van der Waals surface area contributed by atoms with E-state index >= 15 is 0 Å². The van der Waals surface area contributed by atoms with Crippen LogP contribution in [0.3, 0.4) is 0 Å². The SMILES string of the molecule is COC(=O)[C@]12[C@H](O)C=C[C@@H]3O[C@](OC)(C[C@@H]1OC)C[C@@H]32. The van der Waals surface area contributed by atoms with E-state index < -0.39 is 29.4 Å². The van der Waals surface area contributed by atoms with Gasteiger partial charge in [-0.25, -0.2) is 0 Å². The van der Waals surface area contributed by atoms with E-state index in [1.165, 1.54) is 14.2 Å². The molecule has 6 atom stereocenters. The molecule has 1 saturated heterocycles.